The van der Waals surface area contributed by atoms with Crippen molar-refractivity contribution in [3.63, 3.8) is 0 Å². The van der Waals surface area contributed by atoms with Crippen LogP contribution in [0.25, 0.3) is 0 Å². The number of fused-ring (bicyclic) bond motifs is 1. The van der Waals surface area contributed by atoms with E-state index in [1.54, 1.807) is 29.2 Å². The molecule has 2 saturated heterocycles. The monoisotopic (exact) mass is 460 g/mol. The first-order valence-electron chi connectivity index (χ1n) is 11.6. The van der Waals surface area contributed by atoms with Crippen LogP contribution in [0.4, 0.5) is 0 Å². The minimum absolute atomic E-state index is 0.0148. The average molecular weight is 461 g/mol. The van der Waals surface area contributed by atoms with Gasteiger partial charge in [-0.25, -0.2) is 8.42 Å². The van der Waals surface area contributed by atoms with Crippen LogP contribution in [0, 0.1) is 11.8 Å². The Kier molecular flexibility index (Phi) is 6.55. The molecule has 174 valence electrons. The highest BCUT2D eigenvalue weighted by molar-refractivity contribution is 7.90. The lowest BCUT2D eigenvalue weighted by atomic mass is 9.93. The molecular weight excluding hydrogens is 428 g/mol. The Bertz CT molecular complexity index is 1010. The minimum Gasteiger partial charge on any atom is -0.342 e. The van der Waals surface area contributed by atoms with E-state index in [0.717, 1.165) is 32.4 Å². The first kappa shape index (κ1) is 22.8. The molecule has 3 aliphatic rings. The van der Waals surface area contributed by atoms with Gasteiger partial charge in [0.2, 0.25) is 11.8 Å². The van der Waals surface area contributed by atoms with E-state index in [9.17, 15) is 18.0 Å². The minimum atomic E-state index is -3.66. The molecule has 3 aliphatic heterocycles. The van der Waals surface area contributed by atoms with Crippen LogP contribution in [0.3, 0.4) is 0 Å². The fourth-order valence-electron chi connectivity index (χ4n) is 4.75. The predicted molar refractivity (Wildman–Crippen MR) is 122 cm³/mol. The Morgan fingerprint density at radius 3 is 2.41 bits per heavy atom. The van der Waals surface area contributed by atoms with E-state index in [0.29, 0.717) is 31.5 Å². The molecule has 2 amide bonds. The van der Waals surface area contributed by atoms with Gasteiger partial charge in [0.25, 0.3) is 10.0 Å². The number of hydrogen-bond acceptors (Lipinski definition) is 5. The topological polar surface area (TPSA) is 99.1 Å². The summed E-state index contributed by atoms with van der Waals surface area (Å²) in [6.07, 6.45) is 4.23. The number of amidine groups is 1. The summed E-state index contributed by atoms with van der Waals surface area (Å²) in [5.41, 5.74) is 0.503. The van der Waals surface area contributed by atoms with E-state index in [2.05, 4.69) is 9.71 Å². The summed E-state index contributed by atoms with van der Waals surface area (Å²) in [7, 11) is -3.66. The highest BCUT2D eigenvalue weighted by Crippen LogP contribution is 2.27. The lowest BCUT2D eigenvalue weighted by Gasteiger charge is -2.35. The van der Waals surface area contributed by atoms with Crippen LogP contribution in [0.5, 0.6) is 0 Å². The summed E-state index contributed by atoms with van der Waals surface area (Å²) in [6, 6.07) is 6.02. The summed E-state index contributed by atoms with van der Waals surface area (Å²) < 4.78 is 27.4. The van der Waals surface area contributed by atoms with Crippen LogP contribution >= 0.6 is 0 Å². The van der Waals surface area contributed by atoms with Gasteiger partial charge in [-0.2, -0.15) is 0 Å². The third kappa shape index (κ3) is 4.40. The number of nitrogens with one attached hydrogen (secondary N) is 1. The molecule has 4 rings (SSSR count). The number of amides is 2. The molecule has 0 saturated carbocycles. The van der Waals surface area contributed by atoms with Gasteiger partial charge in [-0.15, -0.1) is 0 Å². The molecule has 1 N–H and O–H groups in total. The molecule has 0 aliphatic carbocycles. The van der Waals surface area contributed by atoms with Crippen LogP contribution in [0.1, 0.15) is 51.5 Å². The Labute approximate surface area is 190 Å². The highest BCUT2D eigenvalue weighted by atomic mass is 32.2. The number of rotatable bonds is 5. The SMILES string of the molecule is CC[C@H](C)[C@H](N=C1NS(=O)(=O)c2ccccc21)C(=O)N1CCC(C(=O)N2CCCC2)CC1. The second-order valence-corrected chi connectivity index (χ2v) is 10.7. The fraction of sp³-hybridized carbons (Fsp3) is 0.609. The van der Waals surface area contributed by atoms with E-state index in [1.165, 1.54) is 0 Å². The summed E-state index contributed by atoms with van der Waals surface area (Å²) >= 11 is 0. The second kappa shape index (κ2) is 9.21. The van der Waals surface area contributed by atoms with Crippen molar-refractivity contribution >= 4 is 27.7 Å². The Morgan fingerprint density at radius 1 is 1.09 bits per heavy atom. The molecule has 1 aromatic rings. The normalized spacial score (nSPS) is 23.6. The molecule has 0 spiro atoms. The largest absolute Gasteiger partial charge is 0.342 e. The molecule has 2 fully saturated rings. The third-order valence-electron chi connectivity index (χ3n) is 6.94. The maximum Gasteiger partial charge on any atom is 0.263 e. The second-order valence-electron chi connectivity index (χ2n) is 9.04. The van der Waals surface area contributed by atoms with Crippen LogP contribution in [0.15, 0.2) is 34.2 Å². The van der Waals surface area contributed by atoms with Gasteiger partial charge in [0.1, 0.15) is 11.9 Å². The molecule has 8 nitrogen and oxygen atoms in total. The lowest BCUT2D eigenvalue weighted by molar-refractivity contribution is -0.141. The zero-order chi connectivity index (χ0) is 22.9. The van der Waals surface area contributed by atoms with Crippen molar-refractivity contribution in [2.24, 2.45) is 16.8 Å². The molecule has 0 aromatic heterocycles. The van der Waals surface area contributed by atoms with E-state index in [4.69, 9.17) is 0 Å². The van der Waals surface area contributed by atoms with E-state index in [-0.39, 0.29) is 34.4 Å². The maximum atomic E-state index is 13.4. The van der Waals surface area contributed by atoms with E-state index >= 15 is 0 Å². The van der Waals surface area contributed by atoms with Gasteiger partial charge < -0.3 is 9.80 Å². The van der Waals surface area contributed by atoms with Crippen molar-refractivity contribution in [2.45, 2.75) is 56.9 Å². The maximum absolute atomic E-state index is 13.4. The zero-order valence-corrected chi connectivity index (χ0v) is 19.6. The number of aliphatic imine (C=N–C) groups is 1. The van der Waals surface area contributed by atoms with Gasteiger partial charge >= 0.3 is 0 Å². The lowest BCUT2D eigenvalue weighted by Crippen LogP contribution is -2.48. The molecular formula is C23H32N4O4S. The average Bonchev–Trinajstić information content (AvgIpc) is 3.43. The van der Waals surface area contributed by atoms with Crippen LogP contribution < -0.4 is 4.72 Å². The number of carbonyl (C=O) groups is 2. The Hall–Kier alpha value is -2.42. The molecule has 0 radical (unpaired) electrons. The van der Waals surface area contributed by atoms with Gasteiger partial charge in [-0.3, -0.25) is 19.3 Å². The first-order valence-corrected chi connectivity index (χ1v) is 13.1. The summed E-state index contributed by atoms with van der Waals surface area (Å²) in [5, 5.41) is 0. The summed E-state index contributed by atoms with van der Waals surface area (Å²) in [5.74, 6) is 0.307. The highest BCUT2D eigenvalue weighted by Gasteiger charge is 2.37. The van der Waals surface area contributed by atoms with E-state index in [1.807, 2.05) is 18.7 Å². The molecule has 0 bridgehead atoms. The number of nitrogens with zero attached hydrogens (tertiary/aromatic N) is 3. The zero-order valence-electron chi connectivity index (χ0n) is 18.8. The number of carbonyl (C=O) groups excluding carboxylic acids is 2. The van der Waals surface area contributed by atoms with E-state index < -0.39 is 16.1 Å². The van der Waals surface area contributed by atoms with Crippen LogP contribution in [0.2, 0.25) is 0 Å². The molecule has 0 unspecified atom stereocenters. The van der Waals surface area contributed by atoms with Crippen LogP contribution in [-0.4, -0.2) is 68.1 Å². The predicted octanol–water partition coefficient (Wildman–Crippen LogP) is 2.00. The van der Waals surface area contributed by atoms with Crippen molar-refractivity contribution < 1.29 is 18.0 Å². The summed E-state index contributed by atoms with van der Waals surface area (Å²) in [6.45, 7) is 6.72. The van der Waals surface area contributed by atoms with Crippen molar-refractivity contribution in [1.82, 2.24) is 14.5 Å². The molecule has 2 atom stereocenters. The molecule has 9 heteroatoms. The van der Waals surface area contributed by atoms with Crippen molar-refractivity contribution in [2.75, 3.05) is 26.2 Å². The van der Waals surface area contributed by atoms with Gasteiger partial charge in [0, 0.05) is 37.7 Å². The smallest absolute Gasteiger partial charge is 0.263 e. The quantitative estimate of drug-likeness (QED) is 0.726. The number of hydrogen-bond donors (Lipinski definition) is 1. The van der Waals surface area contributed by atoms with Crippen molar-refractivity contribution in [1.29, 1.82) is 0 Å². The number of benzene rings is 1. The standard InChI is InChI=1S/C23H32N4O4S/c1-3-16(2)20(24-21-18-8-4-5-9-19(18)32(30,31)25-21)23(29)27-14-10-17(11-15-27)22(28)26-12-6-7-13-26/h4-5,8-9,16-17,20H,3,6-7,10-15H2,1-2H3,(H,24,25)/t16-,20-/m0/s1. The van der Waals surface area contributed by atoms with Crippen LogP contribution in [-0.2, 0) is 19.6 Å². The number of sulfonamides is 1. The van der Waals surface area contributed by atoms with Gasteiger partial charge in [0.05, 0.1) is 4.90 Å². The van der Waals surface area contributed by atoms with Gasteiger partial charge in [0.15, 0.2) is 0 Å². The Morgan fingerprint density at radius 2 is 1.75 bits per heavy atom. The first-order chi connectivity index (χ1) is 15.3. The van der Waals surface area contributed by atoms with Crippen molar-refractivity contribution in [3.8, 4) is 0 Å². The molecule has 3 heterocycles. The summed E-state index contributed by atoms with van der Waals surface area (Å²) in [4.78, 5) is 34.7. The van der Waals surface area contributed by atoms with Gasteiger partial charge in [-0.05, 0) is 43.7 Å². The van der Waals surface area contributed by atoms with Gasteiger partial charge in [-0.1, -0.05) is 32.4 Å². The third-order valence-corrected chi connectivity index (χ3v) is 8.34. The number of piperidine rings is 1. The molecule has 1 aromatic carbocycles. The fourth-order valence-corrected chi connectivity index (χ4v) is 5.99. The van der Waals surface area contributed by atoms with Crippen molar-refractivity contribution in [3.05, 3.63) is 29.8 Å². The Balaban J connectivity index is 1.49. The molecule has 32 heavy (non-hydrogen) atoms. The number of likely N-dealkylation sites (tertiary alicyclic amines) is 2.